The highest BCUT2D eigenvalue weighted by Crippen LogP contribution is 2.23. The monoisotopic (exact) mass is 579 g/mol. The molecule has 1 N–H and O–H groups in total. The first-order chi connectivity index (χ1) is 17.1. The maximum Gasteiger partial charge on any atom is 0.244 e. The second-order valence-corrected chi connectivity index (χ2v) is 12.0. The molecule has 0 heterocycles. The van der Waals surface area contributed by atoms with Crippen molar-refractivity contribution < 1.29 is 22.7 Å². The molecule has 1 fully saturated rings. The number of methoxy groups -OCH3 is 1. The number of nitrogens with one attached hydrogen (secondary N) is 1. The molecule has 3 rings (SSSR count). The van der Waals surface area contributed by atoms with Gasteiger partial charge in [0, 0.05) is 17.1 Å². The van der Waals surface area contributed by atoms with Gasteiger partial charge in [-0.3, -0.25) is 13.9 Å². The zero-order valence-corrected chi connectivity index (χ0v) is 23.3. The Morgan fingerprint density at radius 1 is 1.06 bits per heavy atom. The number of hydrogen-bond acceptors (Lipinski definition) is 5. The fourth-order valence-electron chi connectivity index (χ4n) is 4.30. The summed E-state index contributed by atoms with van der Waals surface area (Å²) in [5, 5.41) is 3.09. The van der Waals surface area contributed by atoms with Crippen molar-refractivity contribution >= 4 is 43.5 Å². The molecular formula is C26H34BrN3O5S. The molecule has 1 atom stereocenters. The predicted octanol–water partition coefficient (Wildman–Crippen LogP) is 4.09. The van der Waals surface area contributed by atoms with E-state index in [-0.39, 0.29) is 18.5 Å². The number of halogens is 1. The van der Waals surface area contributed by atoms with Crippen molar-refractivity contribution in [3.63, 3.8) is 0 Å². The van der Waals surface area contributed by atoms with Crippen molar-refractivity contribution in [3.05, 3.63) is 58.6 Å². The number of nitrogens with zero attached hydrogens (tertiary/aromatic N) is 2. The van der Waals surface area contributed by atoms with Gasteiger partial charge in [0.15, 0.2) is 0 Å². The SMILES string of the molecule is COc1ccc(CN(C(=O)CN(c2ccc(Br)cc2)S(C)(=O)=O)[C@H](C)C(=O)NC2CCCCC2)cc1. The van der Waals surface area contributed by atoms with Crippen LogP contribution in [0.15, 0.2) is 53.0 Å². The summed E-state index contributed by atoms with van der Waals surface area (Å²) < 4.78 is 32.3. The number of amides is 2. The van der Waals surface area contributed by atoms with Crippen LogP contribution in [0.2, 0.25) is 0 Å². The molecule has 2 aromatic rings. The van der Waals surface area contributed by atoms with Gasteiger partial charge in [-0.2, -0.15) is 0 Å². The van der Waals surface area contributed by atoms with Crippen LogP contribution in [0.4, 0.5) is 5.69 Å². The molecule has 0 bridgehead atoms. The van der Waals surface area contributed by atoms with E-state index in [0.717, 1.165) is 46.3 Å². The van der Waals surface area contributed by atoms with Crippen molar-refractivity contribution in [2.75, 3.05) is 24.2 Å². The van der Waals surface area contributed by atoms with Crippen LogP contribution in [-0.2, 0) is 26.2 Å². The third-order valence-corrected chi connectivity index (χ3v) is 8.09. The Labute approximate surface area is 222 Å². The minimum atomic E-state index is -3.76. The van der Waals surface area contributed by atoms with Gasteiger partial charge in [-0.25, -0.2) is 8.42 Å². The van der Waals surface area contributed by atoms with Crippen molar-refractivity contribution in [2.24, 2.45) is 0 Å². The first-order valence-electron chi connectivity index (χ1n) is 12.0. The maximum absolute atomic E-state index is 13.6. The van der Waals surface area contributed by atoms with Crippen molar-refractivity contribution in [3.8, 4) is 5.75 Å². The Morgan fingerprint density at radius 2 is 1.67 bits per heavy atom. The molecule has 0 aromatic heterocycles. The Balaban J connectivity index is 1.85. The molecule has 2 amide bonds. The van der Waals surface area contributed by atoms with Crippen molar-refractivity contribution in [2.45, 2.75) is 57.7 Å². The molecule has 10 heteroatoms. The van der Waals surface area contributed by atoms with Gasteiger partial charge in [0.05, 0.1) is 19.1 Å². The quantitative estimate of drug-likeness (QED) is 0.457. The summed E-state index contributed by atoms with van der Waals surface area (Å²) in [5.74, 6) is -0.0260. The molecule has 2 aromatic carbocycles. The molecule has 0 aliphatic heterocycles. The van der Waals surface area contributed by atoms with Gasteiger partial charge < -0.3 is 15.0 Å². The number of sulfonamides is 1. The molecule has 8 nitrogen and oxygen atoms in total. The Morgan fingerprint density at radius 3 is 2.22 bits per heavy atom. The maximum atomic E-state index is 13.6. The second kappa shape index (κ2) is 12.6. The van der Waals surface area contributed by atoms with Crippen LogP contribution >= 0.6 is 15.9 Å². The van der Waals surface area contributed by atoms with Crippen molar-refractivity contribution in [1.29, 1.82) is 0 Å². The zero-order chi connectivity index (χ0) is 26.3. The number of benzene rings is 2. The van der Waals surface area contributed by atoms with Gasteiger partial charge >= 0.3 is 0 Å². The average Bonchev–Trinajstić information content (AvgIpc) is 2.86. The van der Waals surface area contributed by atoms with Crippen LogP contribution in [0.5, 0.6) is 5.75 Å². The van der Waals surface area contributed by atoms with Crippen LogP contribution in [0.25, 0.3) is 0 Å². The lowest BCUT2D eigenvalue weighted by molar-refractivity contribution is -0.139. The van der Waals surface area contributed by atoms with Crippen LogP contribution < -0.4 is 14.4 Å². The third-order valence-electron chi connectivity index (χ3n) is 6.42. The standard InChI is InChI=1S/C26H34BrN3O5S/c1-19(26(32)28-22-7-5-4-6-8-22)29(17-20-9-15-24(35-2)16-10-20)25(31)18-30(36(3,33)34)23-13-11-21(27)12-14-23/h9-16,19,22H,4-8,17-18H2,1-3H3,(H,28,32)/t19-/m1/s1. The number of hydrogen-bond donors (Lipinski definition) is 1. The summed E-state index contributed by atoms with van der Waals surface area (Å²) >= 11 is 3.35. The van der Waals surface area contributed by atoms with Gasteiger partial charge in [-0.1, -0.05) is 47.3 Å². The Kier molecular flexibility index (Phi) is 9.78. The van der Waals surface area contributed by atoms with Gasteiger partial charge in [0.25, 0.3) is 0 Å². The van der Waals surface area contributed by atoms with E-state index in [1.165, 1.54) is 11.3 Å². The highest BCUT2D eigenvalue weighted by molar-refractivity contribution is 9.10. The molecule has 1 aliphatic carbocycles. The van der Waals surface area contributed by atoms with Crippen LogP contribution in [-0.4, -0.2) is 57.1 Å². The minimum absolute atomic E-state index is 0.0990. The largest absolute Gasteiger partial charge is 0.497 e. The van der Waals surface area contributed by atoms with E-state index in [1.807, 2.05) is 12.1 Å². The van der Waals surface area contributed by atoms with E-state index in [4.69, 9.17) is 4.74 Å². The summed E-state index contributed by atoms with van der Waals surface area (Å²) in [6.45, 7) is 1.42. The number of rotatable bonds is 10. The van der Waals surface area contributed by atoms with E-state index in [9.17, 15) is 18.0 Å². The summed E-state index contributed by atoms with van der Waals surface area (Å²) in [6, 6.07) is 13.2. The molecule has 0 spiro atoms. The summed E-state index contributed by atoms with van der Waals surface area (Å²) in [6.07, 6.45) is 6.23. The fourth-order valence-corrected chi connectivity index (χ4v) is 5.41. The van der Waals surface area contributed by atoms with E-state index in [2.05, 4.69) is 21.2 Å². The molecule has 36 heavy (non-hydrogen) atoms. The van der Waals surface area contributed by atoms with Crippen molar-refractivity contribution in [1.82, 2.24) is 10.2 Å². The molecule has 0 radical (unpaired) electrons. The normalized spacial score (nSPS) is 15.1. The summed E-state index contributed by atoms with van der Waals surface area (Å²) in [5.41, 5.74) is 1.17. The smallest absolute Gasteiger partial charge is 0.244 e. The second-order valence-electron chi connectivity index (χ2n) is 9.14. The molecule has 1 aliphatic rings. The van der Waals surface area contributed by atoms with E-state index in [1.54, 1.807) is 50.4 Å². The van der Waals surface area contributed by atoms with Gasteiger partial charge in [0.2, 0.25) is 21.8 Å². The number of ether oxygens (including phenoxy) is 1. The summed E-state index contributed by atoms with van der Waals surface area (Å²) in [7, 11) is -2.18. The molecule has 196 valence electrons. The first-order valence-corrected chi connectivity index (χ1v) is 14.7. The highest BCUT2D eigenvalue weighted by atomic mass is 79.9. The van der Waals surface area contributed by atoms with E-state index < -0.39 is 28.5 Å². The molecule has 0 unspecified atom stereocenters. The molecule has 0 saturated heterocycles. The lowest BCUT2D eigenvalue weighted by Crippen LogP contribution is -2.52. The van der Waals surface area contributed by atoms with Crippen LogP contribution in [0.3, 0.4) is 0 Å². The van der Waals surface area contributed by atoms with Gasteiger partial charge in [0.1, 0.15) is 18.3 Å². The minimum Gasteiger partial charge on any atom is -0.497 e. The number of anilines is 1. The van der Waals surface area contributed by atoms with E-state index in [0.29, 0.717) is 11.4 Å². The summed E-state index contributed by atoms with van der Waals surface area (Å²) in [4.78, 5) is 28.2. The van der Waals surface area contributed by atoms with Crippen LogP contribution in [0, 0.1) is 0 Å². The first kappa shape index (κ1) is 28.0. The van der Waals surface area contributed by atoms with Gasteiger partial charge in [-0.15, -0.1) is 0 Å². The molecule has 1 saturated carbocycles. The Hall–Kier alpha value is -2.59. The lowest BCUT2D eigenvalue weighted by Gasteiger charge is -2.33. The van der Waals surface area contributed by atoms with Crippen LogP contribution in [0.1, 0.15) is 44.6 Å². The fraction of sp³-hybridized carbons (Fsp3) is 0.462. The van der Waals surface area contributed by atoms with E-state index >= 15 is 0 Å². The predicted molar refractivity (Wildman–Crippen MR) is 144 cm³/mol. The highest BCUT2D eigenvalue weighted by Gasteiger charge is 2.31. The zero-order valence-electron chi connectivity index (χ0n) is 20.9. The Bertz CT molecular complexity index is 1130. The molecular weight excluding hydrogens is 546 g/mol. The average molecular weight is 581 g/mol. The number of carbonyl (C=O) groups is 2. The topological polar surface area (TPSA) is 96.0 Å². The third kappa shape index (κ3) is 7.70. The lowest BCUT2D eigenvalue weighted by atomic mass is 9.95. The number of carbonyl (C=O) groups excluding carboxylic acids is 2. The van der Waals surface area contributed by atoms with Gasteiger partial charge in [-0.05, 0) is 61.7 Å².